The van der Waals surface area contributed by atoms with Crippen LogP contribution in [-0.4, -0.2) is 12.9 Å². The predicted octanol–water partition coefficient (Wildman–Crippen LogP) is 5.07. The number of ether oxygens (including phenoxy) is 1. The second-order valence-electron chi connectivity index (χ2n) is 4.60. The number of carbonyl (C=O) groups excluding carboxylic acids is 1. The summed E-state index contributed by atoms with van der Waals surface area (Å²) in [6, 6.07) is 9.27. The molecule has 0 spiro atoms. The maximum atomic E-state index is 12.6. The van der Waals surface area contributed by atoms with Crippen LogP contribution in [0.2, 0.25) is 0 Å². The van der Waals surface area contributed by atoms with Gasteiger partial charge in [0.05, 0.1) is 7.11 Å². The Morgan fingerprint density at radius 2 is 1.65 bits per heavy atom. The zero-order chi connectivity index (χ0) is 14.9. The topological polar surface area (TPSA) is 26.3 Å². The summed E-state index contributed by atoms with van der Waals surface area (Å²) in [6.45, 7) is 3.89. The van der Waals surface area contributed by atoms with Crippen LogP contribution in [0.25, 0.3) is 0 Å². The van der Waals surface area contributed by atoms with E-state index in [1.807, 2.05) is 44.2 Å². The molecular weight excluding hydrogens is 384 g/mol. The molecule has 0 aliphatic rings. The van der Waals surface area contributed by atoms with Crippen molar-refractivity contribution in [1.82, 2.24) is 0 Å². The third-order valence-electron chi connectivity index (χ3n) is 3.10. The Balaban J connectivity index is 2.49. The highest BCUT2D eigenvalue weighted by Crippen LogP contribution is 2.28. The van der Waals surface area contributed by atoms with Crippen LogP contribution in [0.15, 0.2) is 39.3 Å². The lowest BCUT2D eigenvalue weighted by atomic mass is 9.98. The highest BCUT2D eigenvalue weighted by atomic mass is 79.9. The van der Waals surface area contributed by atoms with Crippen LogP contribution in [0.3, 0.4) is 0 Å². The van der Waals surface area contributed by atoms with Gasteiger partial charge in [-0.2, -0.15) is 0 Å². The molecule has 0 N–H and O–H groups in total. The van der Waals surface area contributed by atoms with Gasteiger partial charge in [-0.25, -0.2) is 0 Å². The van der Waals surface area contributed by atoms with E-state index in [0.29, 0.717) is 11.1 Å². The fourth-order valence-corrected chi connectivity index (χ4v) is 3.46. The number of ketones is 1. The first-order valence-corrected chi connectivity index (χ1v) is 7.67. The molecule has 20 heavy (non-hydrogen) atoms. The first kappa shape index (κ1) is 15.3. The van der Waals surface area contributed by atoms with Gasteiger partial charge in [0.15, 0.2) is 5.78 Å². The van der Waals surface area contributed by atoms with Gasteiger partial charge >= 0.3 is 0 Å². The number of hydrogen-bond donors (Lipinski definition) is 0. The summed E-state index contributed by atoms with van der Waals surface area (Å²) in [5, 5.41) is 0. The molecule has 0 fully saturated rings. The van der Waals surface area contributed by atoms with E-state index in [-0.39, 0.29) is 5.78 Å². The molecule has 2 rings (SSSR count). The van der Waals surface area contributed by atoms with Gasteiger partial charge in [0, 0.05) is 20.1 Å². The molecule has 0 aromatic heterocycles. The molecule has 0 amide bonds. The molecule has 0 heterocycles. The van der Waals surface area contributed by atoms with Crippen LogP contribution in [0.1, 0.15) is 27.0 Å². The van der Waals surface area contributed by atoms with Gasteiger partial charge < -0.3 is 4.74 Å². The Morgan fingerprint density at radius 1 is 1.05 bits per heavy atom. The van der Waals surface area contributed by atoms with Gasteiger partial charge in [-0.15, -0.1) is 0 Å². The lowest BCUT2D eigenvalue weighted by Crippen LogP contribution is -2.04. The molecule has 0 unspecified atom stereocenters. The first-order chi connectivity index (χ1) is 9.43. The zero-order valence-corrected chi connectivity index (χ0v) is 14.6. The average molecular weight is 398 g/mol. The van der Waals surface area contributed by atoms with Crippen molar-refractivity contribution in [3.8, 4) is 5.75 Å². The van der Waals surface area contributed by atoms with Crippen molar-refractivity contribution in [1.29, 1.82) is 0 Å². The average Bonchev–Trinajstić information content (AvgIpc) is 2.37. The normalized spacial score (nSPS) is 10.4. The number of aryl methyl sites for hydroxylation is 2. The van der Waals surface area contributed by atoms with E-state index in [1.54, 1.807) is 7.11 Å². The lowest BCUT2D eigenvalue weighted by Gasteiger charge is -2.11. The Bertz CT molecular complexity index is 655. The van der Waals surface area contributed by atoms with Gasteiger partial charge in [-0.05, 0) is 71.2 Å². The van der Waals surface area contributed by atoms with Gasteiger partial charge in [-0.1, -0.05) is 15.9 Å². The number of hydrogen-bond acceptors (Lipinski definition) is 2. The number of benzene rings is 2. The fourth-order valence-electron chi connectivity index (χ4n) is 2.23. The molecule has 0 radical (unpaired) electrons. The predicted molar refractivity (Wildman–Crippen MR) is 87.7 cm³/mol. The quantitative estimate of drug-likeness (QED) is 0.676. The Hall–Kier alpha value is -1.13. The zero-order valence-electron chi connectivity index (χ0n) is 11.5. The number of carbonyl (C=O) groups is 1. The summed E-state index contributed by atoms with van der Waals surface area (Å²) in [6.07, 6.45) is 0. The largest absolute Gasteiger partial charge is 0.496 e. The third kappa shape index (κ3) is 2.96. The van der Waals surface area contributed by atoms with Crippen LogP contribution in [0, 0.1) is 13.8 Å². The molecule has 0 aliphatic carbocycles. The van der Waals surface area contributed by atoms with Crippen LogP contribution in [-0.2, 0) is 0 Å². The second-order valence-corrected chi connectivity index (χ2v) is 6.37. The summed E-state index contributed by atoms with van der Waals surface area (Å²) in [4.78, 5) is 12.6. The summed E-state index contributed by atoms with van der Waals surface area (Å²) in [5.41, 5.74) is 3.24. The molecule has 0 saturated carbocycles. The van der Waals surface area contributed by atoms with Crippen LogP contribution in [0.4, 0.5) is 0 Å². The minimum atomic E-state index is -0.00164. The summed E-state index contributed by atoms with van der Waals surface area (Å²) >= 11 is 6.82. The molecule has 0 aliphatic heterocycles. The molecular formula is C16H14Br2O2. The standard InChI is InChI=1S/C16H14Br2O2/c1-9-6-11(7-10(2)16(9)20-3)15(19)13-5-4-12(17)8-14(13)18/h4-8H,1-3H3. The van der Waals surface area contributed by atoms with E-state index in [2.05, 4.69) is 31.9 Å². The maximum Gasteiger partial charge on any atom is 0.194 e. The summed E-state index contributed by atoms with van der Waals surface area (Å²) < 4.78 is 7.04. The van der Waals surface area contributed by atoms with E-state index in [4.69, 9.17) is 4.74 Å². The van der Waals surface area contributed by atoms with Gasteiger partial charge in [-0.3, -0.25) is 4.79 Å². The van der Waals surface area contributed by atoms with Crippen molar-refractivity contribution in [3.63, 3.8) is 0 Å². The van der Waals surface area contributed by atoms with E-state index in [0.717, 1.165) is 25.8 Å². The molecule has 2 nitrogen and oxygen atoms in total. The molecule has 0 saturated heterocycles. The highest BCUT2D eigenvalue weighted by molar-refractivity contribution is 9.11. The molecule has 0 atom stereocenters. The van der Waals surface area contributed by atoms with Crippen LogP contribution < -0.4 is 4.74 Å². The number of methoxy groups -OCH3 is 1. The molecule has 104 valence electrons. The first-order valence-electron chi connectivity index (χ1n) is 6.09. The smallest absolute Gasteiger partial charge is 0.194 e. The summed E-state index contributed by atoms with van der Waals surface area (Å²) in [7, 11) is 1.64. The van der Waals surface area contributed by atoms with Crippen molar-refractivity contribution >= 4 is 37.6 Å². The van der Waals surface area contributed by atoms with E-state index >= 15 is 0 Å². The van der Waals surface area contributed by atoms with E-state index in [9.17, 15) is 4.79 Å². The van der Waals surface area contributed by atoms with Crippen molar-refractivity contribution in [3.05, 3.63) is 61.5 Å². The third-order valence-corrected chi connectivity index (χ3v) is 4.25. The Morgan fingerprint density at radius 3 is 2.15 bits per heavy atom. The van der Waals surface area contributed by atoms with E-state index < -0.39 is 0 Å². The van der Waals surface area contributed by atoms with Crippen LogP contribution in [0.5, 0.6) is 5.75 Å². The highest BCUT2D eigenvalue weighted by Gasteiger charge is 2.15. The molecule has 4 heteroatoms. The van der Waals surface area contributed by atoms with Crippen molar-refractivity contribution in [2.75, 3.05) is 7.11 Å². The van der Waals surface area contributed by atoms with Crippen molar-refractivity contribution < 1.29 is 9.53 Å². The van der Waals surface area contributed by atoms with Crippen LogP contribution >= 0.6 is 31.9 Å². The van der Waals surface area contributed by atoms with Gasteiger partial charge in [0.2, 0.25) is 0 Å². The maximum absolute atomic E-state index is 12.6. The number of halogens is 2. The molecule has 2 aromatic rings. The minimum absolute atomic E-state index is 0.00164. The molecule has 2 aromatic carbocycles. The van der Waals surface area contributed by atoms with Crippen molar-refractivity contribution in [2.45, 2.75) is 13.8 Å². The molecule has 0 bridgehead atoms. The minimum Gasteiger partial charge on any atom is -0.496 e. The Labute approximate surface area is 135 Å². The Kier molecular flexibility index (Phi) is 4.66. The van der Waals surface area contributed by atoms with Gasteiger partial charge in [0.1, 0.15) is 5.75 Å². The number of rotatable bonds is 3. The van der Waals surface area contributed by atoms with Crippen molar-refractivity contribution in [2.24, 2.45) is 0 Å². The van der Waals surface area contributed by atoms with E-state index in [1.165, 1.54) is 0 Å². The summed E-state index contributed by atoms with van der Waals surface area (Å²) in [5.74, 6) is 0.828. The fraction of sp³-hybridized carbons (Fsp3) is 0.188. The van der Waals surface area contributed by atoms with Gasteiger partial charge in [0.25, 0.3) is 0 Å². The SMILES string of the molecule is COc1c(C)cc(C(=O)c2ccc(Br)cc2Br)cc1C. The monoisotopic (exact) mass is 396 g/mol. The lowest BCUT2D eigenvalue weighted by molar-refractivity contribution is 0.103. The second kappa shape index (κ2) is 6.10.